The molecule has 13 aromatic carbocycles. The molecule has 18 rings (SSSR count). The van der Waals surface area contributed by atoms with Crippen LogP contribution in [0.3, 0.4) is 0 Å². The van der Waals surface area contributed by atoms with Gasteiger partial charge in [0.2, 0.25) is 11.8 Å². The molecule has 0 radical (unpaired) electrons. The van der Waals surface area contributed by atoms with Crippen LogP contribution in [0, 0.1) is 47.3 Å². The summed E-state index contributed by atoms with van der Waals surface area (Å²) in [5, 5.41) is 9.10. The number of aryl methyl sites for hydroxylation is 3. The lowest BCUT2D eigenvalue weighted by molar-refractivity contribution is 0.308. The van der Waals surface area contributed by atoms with Gasteiger partial charge >= 0.3 is 0 Å². The van der Waals surface area contributed by atoms with Crippen LogP contribution >= 0.6 is 0 Å². The van der Waals surface area contributed by atoms with Crippen LogP contribution in [0.4, 0.5) is 0 Å². The van der Waals surface area contributed by atoms with Gasteiger partial charge in [0.25, 0.3) is 0 Å². The Bertz CT molecular complexity index is 6840. The summed E-state index contributed by atoms with van der Waals surface area (Å²) in [5.41, 5.74) is 44.2. The van der Waals surface area contributed by atoms with E-state index in [-0.39, 0.29) is 21.7 Å². The summed E-state index contributed by atoms with van der Waals surface area (Å²) >= 11 is 0. The molecular weight excluding hydrogens is 1710 g/mol. The minimum absolute atomic E-state index is 0.0416. The number of fused-ring (bicyclic) bond motifs is 12. The van der Waals surface area contributed by atoms with Crippen LogP contribution in [0.1, 0.15) is 345 Å². The van der Waals surface area contributed by atoms with Crippen molar-refractivity contribution in [2.24, 2.45) is 47.3 Å². The van der Waals surface area contributed by atoms with Crippen molar-refractivity contribution in [2.75, 3.05) is 0 Å². The van der Waals surface area contributed by atoms with Gasteiger partial charge < -0.3 is 4.42 Å². The summed E-state index contributed by atoms with van der Waals surface area (Å²) in [6.07, 6.45) is 43.0. The molecule has 1 heterocycles. The number of nitrogens with zero attached hydrogens (tertiary/aromatic N) is 2. The molecule has 142 heavy (non-hydrogen) atoms. The van der Waals surface area contributed by atoms with Gasteiger partial charge in [0.1, 0.15) is 0 Å². The van der Waals surface area contributed by atoms with E-state index in [1.54, 1.807) is 5.56 Å². The Morgan fingerprint density at radius 3 is 0.754 bits per heavy atom. The lowest BCUT2D eigenvalue weighted by atomic mass is 9.65. The van der Waals surface area contributed by atoms with Crippen molar-refractivity contribution in [2.45, 2.75) is 281 Å². The van der Waals surface area contributed by atoms with Gasteiger partial charge in [-0.2, -0.15) is 0 Å². The number of benzene rings is 13. The lowest BCUT2D eigenvalue weighted by Crippen LogP contribution is -2.30. The van der Waals surface area contributed by atoms with Crippen molar-refractivity contribution in [3.05, 3.63) is 379 Å². The molecule has 0 fully saturated rings. The van der Waals surface area contributed by atoms with E-state index in [9.17, 15) is 0 Å². The number of unbranched alkanes of at least 4 members (excludes halogenated alkanes) is 1. The summed E-state index contributed by atoms with van der Waals surface area (Å²) < 4.78 is 6.38. The second-order valence-electron chi connectivity index (χ2n) is 44.7. The fraction of sp³-hybridized carbons (Fsp3) is 0.367. The van der Waals surface area contributed by atoms with Crippen LogP contribution in [0.2, 0.25) is 0 Å². The number of hydrogen-bond donors (Lipinski definition) is 0. The highest BCUT2D eigenvalue weighted by atomic mass is 16.4. The van der Waals surface area contributed by atoms with E-state index in [1.807, 2.05) is 0 Å². The van der Waals surface area contributed by atoms with Crippen LogP contribution in [-0.4, -0.2) is 10.2 Å². The number of aromatic nitrogens is 2. The van der Waals surface area contributed by atoms with E-state index in [0.29, 0.717) is 59.1 Å². The van der Waals surface area contributed by atoms with Gasteiger partial charge in [-0.1, -0.05) is 449 Å². The van der Waals surface area contributed by atoms with Crippen molar-refractivity contribution >= 4 is 48.6 Å². The average molecular weight is 1870 g/mol. The summed E-state index contributed by atoms with van der Waals surface area (Å²) in [4.78, 5) is 0. The molecule has 4 aliphatic rings. The predicted molar refractivity (Wildman–Crippen MR) is 612 cm³/mol. The van der Waals surface area contributed by atoms with Crippen molar-refractivity contribution in [3.63, 3.8) is 0 Å². The largest absolute Gasteiger partial charge is 0.416 e. The summed E-state index contributed by atoms with van der Waals surface area (Å²) in [5.74, 6) is 5.69. The molecule has 4 aliphatic carbocycles. The Hall–Kier alpha value is -12.0. The molecule has 0 N–H and O–H groups in total. The topological polar surface area (TPSA) is 38.9 Å². The smallest absolute Gasteiger partial charge is 0.248 e. The molecular formula is C139H156N2O. The van der Waals surface area contributed by atoms with E-state index in [2.05, 4.69) is 449 Å². The SMILES string of the molecule is CCCCc1cccc(-c2nnc(-c3cccc(CCCc4ccc5c(c4)C(CC(C)CC)(CC(C)CC)c4cc(-c6ccc7c(c6)C(CC(C)CC)(CC(C)CC)c6cc(-c8ccc9c(c8)C(CC(C)CC)(CC(C)CC)c8cc(/C=C/c%10ccc(/C=C/c%11ccc(/C=C/c%12ccc(/C=C/c%13ccc%14c(c%13)C(CC(C)CC)(CC(C)CC)c%13ccccc%13-%14)cc%12)cc%11)cc%10)ccc8-9)ccc6-7)ccc4-5)c3)o2)c1. The predicted octanol–water partition coefficient (Wildman–Crippen LogP) is 39.5. The minimum atomic E-state index is -0.171. The molecule has 0 bridgehead atoms. The fourth-order valence-corrected chi connectivity index (χ4v) is 25.1. The second kappa shape index (κ2) is 44.0. The van der Waals surface area contributed by atoms with Gasteiger partial charge in [-0.25, -0.2) is 0 Å². The lowest BCUT2D eigenvalue weighted by Gasteiger charge is -2.38. The first-order valence-electron chi connectivity index (χ1n) is 55.2. The molecule has 728 valence electrons. The fourth-order valence-electron chi connectivity index (χ4n) is 25.1. The Kier molecular flexibility index (Phi) is 31.0. The van der Waals surface area contributed by atoms with Crippen LogP contribution < -0.4 is 0 Å². The maximum Gasteiger partial charge on any atom is 0.248 e. The molecule has 0 amide bonds. The van der Waals surface area contributed by atoms with Crippen molar-refractivity contribution in [3.8, 4) is 89.7 Å². The quantitative estimate of drug-likeness (QED) is 0.0358. The van der Waals surface area contributed by atoms with E-state index in [1.165, 1.54) is 199 Å². The van der Waals surface area contributed by atoms with Crippen molar-refractivity contribution in [1.82, 2.24) is 10.2 Å². The zero-order valence-corrected chi connectivity index (χ0v) is 88.6. The number of hydrogen-bond acceptors (Lipinski definition) is 3. The van der Waals surface area contributed by atoms with Crippen molar-refractivity contribution < 1.29 is 4.42 Å². The van der Waals surface area contributed by atoms with E-state index < -0.39 is 0 Å². The van der Waals surface area contributed by atoms with E-state index in [4.69, 9.17) is 4.42 Å². The molecule has 0 spiro atoms. The van der Waals surface area contributed by atoms with Crippen molar-refractivity contribution in [1.29, 1.82) is 0 Å². The van der Waals surface area contributed by atoms with Gasteiger partial charge in [0.15, 0.2) is 0 Å². The molecule has 3 heteroatoms. The molecule has 0 saturated carbocycles. The summed E-state index contributed by atoms with van der Waals surface area (Å²) in [6.45, 7) is 41.4. The Balaban J connectivity index is 0.574. The Labute approximate surface area is 853 Å². The Morgan fingerprint density at radius 1 is 0.211 bits per heavy atom. The zero-order valence-electron chi connectivity index (χ0n) is 88.6. The first-order valence-corrected chi connectivity index (χ1v) is 55.2. The maximum atomic E-state index is 6.38. The third kappa shape index (κ3) is 20.8. The van der Waals surface area contributed by atoms with Gasteiger partial charge in [-0.3, -0.25) is 0 Å². The molecule has 8 unspecified atom stereocenters. The molecule has 0 aliphatic heterocycles. The third-order valence-corrected chi connectivity index (χ3v) is 34.5. The molecule has 8 atom stereocenters. The maximum absolute atomic E-state index is 6.38. The summed E-state index contributed by atoms with van der Waals surface area (Å²) in [7, 11) is 0. The van der Waals surface area contributed by atoms with Crippen LogP contribution in [0.5, 0.6) is 0 Å². The minimum Gasteiger partial charge on any atom is -0.416 e. The van der Waals surface area contributed by atoms with Gasteiger partial charge in [0, 0.05) is 32.8 Å². The van der Waals surface area contributed by atoms with Gasteiger partial charge in [-0.15, -0.1) is 10.2 Å². The highest BCUT2D eigenvalue weighted by molar-refractivity contribution is 5.92. The van der Waals surface area contributed by atoms with Crippen LogP contribution in [-0.2, 0) is 40.9 Å². The van der Waals surface area contributed by atoms with Gasteiger partial charge in [-0.05, 0) is 352 Å². The third-order valence-electron chi connectivity index (χ3n) is 34.5. The van der Waals surface area contributed by atoms with Gasteiger partial charge in [0.05, 0.1) is 0 Å². The standard InChI is InChI=1S/C139H156N2O/c1-18-27-33-107-36-31-38-116(76-107)134-140-141-135(142-134)117-39-32-37-108(77-117)34-30-35-109-62-69-120-122-72-65-112(81-130(122)137(128(120)78-109,87-95(12)21-4)88-96(13)22-5)114-67-74-124-125-75-68-115(84-133(125)139(132(124)83-114,91-99(16)25-8)92-100(17)26-9)113-66-73-123-121-71-64-111(80-129(121)138(131(123)82-113,89-97(14)23-6)90-98(15)24-7)61-59-106-56-52-104(53-57-106)49-47-102-44-42-101(43-45-102)46-48-103-50-54-105(55-51-103)58-60-110-63-70-119-118-40-28-29-41-126(118)136(127(119)79-110,85-93(10)19-2)86-94(11)20-3/h28-29,31-32,36-84,93-100H,18-27,30,33-35,85-92H2,1-17H3/b48-46+,49-47+,60-58+,61-59+. The first kappa shape index (κ1) is 100. The second-order valence-corrected chi connectivity index (χ2v) is 44.7. The van der Waals surface area contributed by atoms with E-state index in [0.717, 1.165) is 120 Å². The first-order chi connectivity index (χ1) is 69.0. The summed E-state index contributed by atoms with van der Waals surface area (Å²) in [6, 6.07) is 107. The molecule has 14 aromatic rings. The highest BCUT2D eigenvalue weighted by Crippen LogP contribution is 2.63. The molecule has 1 aromatic heterocycles. The Morgan fingerprint density at radius 2 is 0.451 bits per heavy atom. The van der Waals surface area contributed by atoms with Crippen LogP contribution in [0.15, 0.2) is 277 Å². The van der Waals surface area contributed by atoms with E-state index >= 15 is 0 Å². The highest BCUT2D eigenvalue weighted by Gasteiger charge is 2.50. The molecule has 0 saturated heterocycles. The molecule has 3 nitrogen and oxygen atoms in total. The van der Waals surface area contributed by atoms with Crippen LogP contribution in [0.25, 0.3) is 138 Å². The number of rotatable bonds is 43. The average Bonchev–Trinajstić information content (AvgIpc) is 1.58. The normalized spacial score (nSPS) is 18.7. The monoisotopic (exact) mass is 1870 g/mol. The zero-order chi connectivity index (χ0) is 99.0.